The standard InChI is InChI=1S/C17H25N3O2/c1-2-10-20-11-8-15(9-12-20)19-16(21)13-18-17(22)14-6-4-3-5-7-14/h3-7,15H,2,8-13H2,1H3,(H,18,22)(H,19,21). The molecule has 0 aliphatic carbocycles. The van der Waals surface area contributed by atoms with Gasteiger partial charge in [-0.15, -0.1) is 0 Å². The number of hydrogen-bond donors (Lipinski definition) is 2. The fourth-order valence-corrected chi connectivity index (χ4v) is 2.75. The minimum absolute atomic E-state index is 0.0307. The Morgan fingerprint density at radius 2 is 1.86 bits per heavy atom. The molecule has 1 aromatic carbocycles. The van der Waals surface area contributed by atoms with Crippen LogP contribution < -0.4 is 10.6 Å². The number of benzene rings is 1. The molecule has 1 fully saturated rings. The van der Waals surface area contributed by atoms with Gasteiger partial charge in [0.1, 0.15) is 0 Å². The highest BCUT2D eigenvalue weighted by molar-refractivity contribution is 5.96. The Labute approximate surface area is 132 Å². The number of nitrogens with one attached hydrogen (secondary N) is 2. The number of amides is 2. The normalized spacial score (nSPS) is 16.2. The van der Waals surface area contributed by atoms with Crippen LogP contribution in [0.15, 0.2) is 30.3 Å². The molecule has 1 heterocycles. The second kappa shape index (κ2) is 8.54. The number of hydrogen-bond acceptors (Lipinski definition) is 3. The average Bonchev–Trinajstić information content (AvgIpc) is 2.55. The Morgan fingerprint density at radius 1 is 1.18 bits per heavy atom. The molecule has 0 atom stereocenters. The zero-order valence-corrected chi connectivity index (χ0v) is 13.2. The van der Waals surface area contributed by atoms with Gasteiger partial charge in [0.2, 0.25) is 5.91 Å². The largest absolute Gasteiger partial charge is 0.352 e. The highest BCUT2D eigenvalue weighted by atomic mass is 16.2. The predicted octanol–water partition coefficient (Wildman–Crippen LogP) is 1.41. The smallest absolute Gasteiger partial charge is 0.251 e. The average molecular weight is 303 g/mol. The zero-order valence-electron chi connectivity index (χ0n) is 13.2. The molecule has 0 aromatic heterocycles. The van der Waals surface area contributed by atoms with Crippen LogP contribution in [0.4, 0.5) is 0 Å². The quantitative estimate of drug-likeness (QED) is 0.835. The number of carbonyl (C=O) groups excluding carboxylic acids is 2. The van der Waals surface area contributed by atoms with Crippen molar-refractivity contribution in [3.8, 4) is 0 Å². The lowest BCUT2D eigenvalue weighted by molar-refractivity contribution is -0.121. The van der Waals surface area contributed by atoms with Crippen LogP contribution in [0.2, 0.25) is 0 Å². The lowest BCUT2D eigenvalue weighted by atomic mass is 10.0. The molecule has 0 radical (unpaired) electrons. The van der Waals surface area contributed by atoms with Gasteiger partial charge in [-0.2, -0.15) is 0 Å². The van der Waals surface area contributed by atoms with Crippen molar-refractivity contribution in [1.29, 1.82) is 0 Å². The van der Waals surface area contributed by atoms with E-state index in [0.717, 1.165) is 32.5 Å². The summed E-state index contributed by atoms with van der Waals surface area (Å²) in [5.74, 6) is -0.327. The van der Waals surface area contributed by atoms with Crippen LogP contribution in [0.5, 0.6) is 0 Å². The first-order valence-electron chi connectivity index (χ1n) is 8.04. The van der Waals surface area contributed by atoms with Crippen LogP contribution in [0, 0.1) is 0 Å². The summed E-state index contributed by atoms with van der Waals surface area (Å²) in [5, 5.41) is 5.66. The molecule has 1 aromatic rings. The van der Waals surface area contributed by atoms with E-state index in [1.165, 1.54) is 6.42 Å². The Morgan fingerprint density at radius 3 is 2.50 bits per heavy atom. The molecule has 2 amide bonds. The fraction of sp³-hybridized carbons (Fsp3) is 0.529. The van der Waals surface area contributed by atoms with E-state index in [2.05, 4.69) is 22.5 Å². The number of likely N-dealkylation sites (tertiary alicyclic amines) is 1. The van der Waals surface area contributed by atoms with Crippen LogP contribution in [-0.4, -0.2) is 48.9 Å². The van der Waals surface area contributed by atoms with Gasteiger partial charge in [0.25, 0.3) is 5.91 Å². The van der Waals surface area contributed by atoms with E-state index in [1.54, 1.807) is 24.3 Å². The van der Waals surface area contributed by atoms with Crippen molar-refractivity contribution in [1.82, 2.24) is 15.5 Å². The van der Waals surface area contributed by atoms with Crippen molar-refractivity contribution >= 4 is 11.8 Å². The third-order valence-corrected chi connectivity index (χ3v) is 3.94. The Kier molecular flexibility index (Phi) is 6.40. The number of nitrogens with zero attached hydrogens (tertiary/aromatic N) is 1. The molecular weight excluding hydrogens is 278 g/mol. The van der Waals surface area contributed by atoms with E-state index < -0.39 is 0 Å². The summed E-state index contributed by atoms with van der Waals surface area (Å²) in [6.45, 7) is 5.42. The van der Waals surface area contributed by atoms with Crippen LogP contribution in [-0.2, 0) is 4.79 Å². The van der Waals surface area contributed by atoms with Crippen LogP contribution >= 0.6 is 0 Å². The maximum atomic E-state index is 11.9. The molecule has 0 saturated carbocycles. The van der Waals surface area contributed by atoms with Crippen LogP contribution in [0.25, 0.3) is 0 Å². The summed E-state index contributed by atoms with van der Waals surface area (Å²) in [6, 6.07) is 9.16. The fourth-order valence-electron chi connectivity index (χ4n) is 2.75. The lowest BCUT2D eigenvalue weighted by Crippen LogP contribution is -2.47. The molecule has 1 aliphatic rings. The Bertz CT molecular complexity index is 482. The van der Waals surface area contributed by atoms with E-state index in [-0.39, 0.29) is 24.4 Å². The number of rotatable bonds is 6. The molecule has 2 rings (SSSR count). The highest BCUT2D eigenvalue weighted by Crippen LogP contribution is 2.10. The van der Waals surface area contributed by atoms with Crippen molar-refractivity contribution in [2.75, 3.05) is 26.2 Å². The van der Waals surface area contributed by atoms with Gasteiger partial charge in [-0.05, 0) is 37.9 Å². The molecule has 22 heavy (non-hydrogen) atoms. The minimum Gasteiger partial charge on any atom is -0.352 e. The summed E-state index contributed by atoms with van der Waals surface area (Å²) in [6.07, 6.45) is 3.14. The molecule has 0 bridgehead atoms. The number of carbonyl (C=O) groups is 2. The SMILES string of the molecule is CCCN1CCC(NC(=O)CNC(=O)c2ccccc2)CC1. The molecule has 5 nitrogen and oxygen atoms in total. The third-order valence-electron chi connectivity index (χ3n) is 3.94. The van der Waals surface area contributed by atoms with Gasteiger partial charge in [-0.3, -0.25) is 9.59 Å². The monoisotopic (exact) mass is 303 g/mol. The summed E-state index contributed by atoms with van der Waals surface area (Å²) < 4.78 is 0. The first-order chi connectivity index (χ1) is 10.7. The van der Waals surface area contributed by atoms with Crippen molar-refractivity contribution < 1.29 is 9.59 Å². The van der Waals surface area contributed by atoms with E-state index >= 15 is 0 Å². The Hall–Kier alpha value is -1.88. The van der Waals surface area contributed by atoms with Crippen LogP contribution in [0.3, 0.4) is 0 Å². The van der Waals surface area contributed by atoms with Gasteiger partial charge in [0.15, 0.2) is 0 Å². The zero-order chi connectivity index (χ0) is 15.8. The van der Waals surface area contributed by atoms with E-state index in [4.69, 9.17) is 0 Å². The summed E-state index contributed by atoms with van der Waals surface area (Å²) in [7, 11) is 0. The van der Waals surface area contributed by atoms with E-state index in [1.807, 2.05) is 6.07 Å². The molecule has 0 spiro atoms. The summed E-state index contributed by atoms with van der Waals surface area (Å²) >= 11 is 0. The van der Waals surface area contributed by atoms with Crippen molar-refractivity contribution in [3.63, 3.8) is 0 Å². The topological polar surface area (TPSA) is 61.4 Å². The minimum atomic E-state index is -0.214. The third kappa shape index (κ3) is 5.15. The van der Waals surface area contributed by atoms with Gasteiger partial charge in [-0.1, -0.05) is 25.1 Å². The van der Waals surface area contributed by atoms with Gasteiger partial charge in [0.05, 0.1) is 6.54 Å². The molecule has 120 valence electrons. The molecular formula is C17H25N3O2. The van der Waals surface area contributed by atoms with Crippen molar-refractivity contribution in [2.24, 2.45) is 0 Å². The molecule has 1 aliphatic heterocycles. The lowest BCUT2D eigenvalue weighted by Gasteiger charge is -2.32. The van der Waals surface area contributed by atoms with Crippen molar-refractivity contribution in [3.05, 3.63) is 35.9 Å². The first kappa shape index (κ1) is 16.5. The predicted molar refractivity (Wildman–Crippen MR) is 86.7 cm³/mol. The molecule has 2 N–H and O–H groups in total. The summed E-state index contributed by atoms with van der Waals surface area (Å²) in [4.78, 5) is 26.2. The highest BCUT2D eigenvalue weighted by Gasteiger charge is 2.20. The summed E-state index contributed by atoms with van der Waals surface area (Å²) in [5.41, 5.74) is 0.572. The maximum Gasteiger partial charge on any atom is 0.251 e. The van der Waals surface area contributed by atoms with E-state index in [0.29, 0.717) is 5.56 Å². The molecule has 0 unspecified atom stereocenters. The van der Waals surface area contributed by atoms with E-state index in [9.17, 15) is 9.59 Å². The maximum absolute atomic E-state index is 11.9. The van der Waals surface area contributed by atoms with Gasteiger partial charge in [0, 0.05) is 24.7 Å². The Balaban J connectivity index is 1.67. The van der Waals surface area contributed by atoms with Crippen molar-refractivity contribution in [2.45, 2.75) is 32.2 Å². The van der Waals surface area contributed by atoms with Gasteiger partial charge >= 0.3 is 0 Å². The van der Waals surface area contributed by atoms with Gasteiger partial charge < -0.3 is 15.5 Å². The molecule has 5 heteroatoms. The second-order valence-electron chi connectivity index (χ2n) is 5.73. The second-order valence-corrected chi connectivity index (χ2v) is 5.73. The van der Waals surface area contributed by atoms with Crippen LogP contribution in [0.1, 0.15) is 36.5 Å². The first-order valence-corrected chi connectivity index (χ1v) is 8.04. The van der Waals surface area contributed by atoms with Gasteiger partial charge in [-0.25, -0.2) is 0 Å². The number of piperidine rings is 1. The molecule has 1 saturated heterocycles.